The van der Waals surface area contributed by atoms with Gasteiger partial charge in [0.25, 0.3) is 5.91 Å². The molecule has 138 valence electrons. The zero-order valence-electron chi connectivity index (χ0n) is 14.2. The highest BCUT2D eigenvalue weighted by atomic mass is 19.4. The van der Waals surface area contributed by atoms with Crippen LogP contribution in [0.2, 0.25) is 0 Å². The summed E-state index contributed by atoms with van der Waals surface area (Å²) in [4.78, 5) is 16.3. The summed E-state index contributed by atoms with van der Waals surface area (Å²) in [6.07, 6.45) is -1.43. The number of amides is 1. The Morgan fingerprint density at radius 1 is 1.07 bits per heavy atom. The normalized spacial score (nSPS) is 11.1. The first-order valence-electron chi connectivity index (χ1n) is 8.01. The third-order valence-electron chi connectivity index (χ3n) is 3.77. The average molecular weight is 372 g/mol. The van der Waals surface area contributed by atoms with Gasteiger partial charge in [0, 0.05) is 11.9 Å². The Labute approximate surface area is 153 Å². The van der Waals surface area contributed by atoms with Gasteiger partial charge in [-0.05, 0) is 55.0 Å². The minimum Gasteiger partial charge on any atom is -0.455 e. The summed E-state index contributed by atoms with van der Waals surface area (Å²) >= 11 is 0. The van der Waals surface area contributed by atoms with Crippen molar-refractivity contribution in [3.8, 4) is 11.5 Å². The first-order valence-corrected chi connectivity index (χ1v) is 8.01. The molecule has 1 N–H and O–H groups in total. The number of alkyl halides is 3. The number of aromatic nitrogens is 1. The molecular formula is C20H15F3N2O2. The number of anilines is 1. The summed E-state index contributed by atoms with van der Waals surface area (Å²) < 4.78 is 44.9. The van der Waals surface area contributed by atoms with E-state index in [1.54, 1.807) is 49.6 Å². The molecule has 27 heavy (non-hydrogen) atoms. The predicted octanol–water partition coefficient (Wildman–Crippen LogP) is 5.45. The van der Waals surface area contributed by atoms with E-state index in [1.807, 2.05) is 0 Å². The zero-order chi connectivity index (χ0) is 19.4. The molecule has 2 aromatic carbocycles. The third-order valence-corrected chi connectivity index (χ3v) is 3.77. The molecule has 0 saturated carbocycles. The Morgan fingerprint density at radius 3 is 2.52 bits per heavy atom. The molecule has 1 aromatic heterocycles. The van der Waals surface area contributed by atoms with Gasteiger partial charge >= 0.3 is 6.18 Å². The Kier molecular flexibility index (Phi) is 5.12. The van der Waals surface area contributed by atoms with E-state index in [-0.39, 0.29) is 0 Å². The molecule has 0 radical (unpaired) electrons. The molecule has 0 aliphatic carbocycles. The number of carbonyl (C=O) groups excluding carboxylic acids is 1. The molecule has 0 fully saturated rings. The number of aryl methyl sites for hydroxylation is 1. The van der Waals surface area contributed by atoms with Gasteiger partial charge < -0.3 is 10.1 Å². The molecule has 0 unspecified atom stereocenters. The van der Waals surface area contributed by atoms with Crippen molar-refractivity contribution >= 4 is 11.6 Å². The van der Waals surface area contributed by atoms with Crippen molar-refractivity contribution in [2.24, 2.45) is 0 Å². The van der Waals surface area contributed by atoms with E-state index in [4.69, 9.17) is 4.74 Å². The lowest BCUT2D eigenvalue weighted by atomic mass is 10.1. The Balaban J connectivity index is 1.79. The highest BCUT2D eigenvalue weighted by Crippen LogP contribution is 2.32. The number of hydrogen-bond acceptors (Lipinski definition) is 3. The fourth-order valence-corrected chi connectivity index (χ4v) is 2.50. The maximum absolute atomic E-state index is 13.1. The number of rotatable bonds is 4. The van der Waals surface area contributed by atoms with Crippen molar-refractivity contribution in [3.63, 3.8) is 0 Å². The van der Waals surface area contributed by atoms with E-state index in [9.17, 15) is 18.0 Å². The predicted molar refractivity (Wildman–Crippen MR) is 94.9 cm³/mol. The molecule has 3 aromatic rings. The maximum atomic E-state index is 13.1. The van der Waals surface area contributed by atoms with Crippen LogP contribution in [0.1, 0.15) is 21.5 Å². The first kappa shape index (κ1) is 18.4. The summed E-state index contributed by atoms with van der Waals surface area (Å²) in [5, 5.41) is 2.50. The number of nitrogens with zero attached hydrogens (tertiary/aromatic N) is 1. The summed E-state index contributed by atoms with van der Waals surface area (Å²) in [6.45, 7) is 1.77. The van der Waals surface area contributed by atoms with Gasteiger partial charge in [0.2, 0.25) is 0 Å². The van der Waals surface area contributed by atoms with Crippen LogP contribution in [-0.2, 0) is 6.18 Å². The SMILES string of the molecule is Cc1cc(NC(=O)c2ccccc2C(F)(F)F)ccc1Oc1cccnc1. The lowest BCUT2D eigenvalue weighted by Crippen LogP contribution is -2.18. The third kappa shape index (κ3) is 4.44. The van der Waals surface area contributed by atoms with Crippen LogP contribution in [0.25, 0.3) is 0 Å². The largest absolute Gasteiger partial charge is 0.455 e. The quantitative estimate of drug-likeness (QED) is 0.662. The van der Waals surface area contributed by atoms with Crippen molar-refractivity contribution < 1.29 is 22.7 Å². The van der Waals surface area contributed by atoms with E-state index in [2.05, 4.69) is 10.3 Å². The van der Waals surface area contributed by atoms with Crippen molar-refractivity contribution in [2.45, 2.75) is 13.1 Å². The molecule has 0 atom stereocenters. The molecule has 3 rings (SSSR count). The Morgan fingerprint density at radius 2 is 1.85 bits per heavy atom. The van der Waals surface area contributed by atoms with Crippen LogP contribution in [0.4, 0.5) is 18.9 Å². The van der Waals surface area contributed by atoms with Gasteiger partial charge in [-0.15, -0.1) is 0 Å². The molecule has 1 amide bonds. The van der Waals surface area contributed by atoms with Crippen LogP contribution in [0.15, 0.2) is 67.0 Å². The molecular weight excluding hydrogens is 357 g/mol. The number of halogens is 3. The molecule has 4 nitrogen and oxygen atoms in total. The summed E-state index contributed by atoms with van der Waals surface area (Å²) in [7, 11) is 0. The number of ether oxygens (including phenoxy) is 1. The van der Waals surface area contributed by atoms with Gasteiger partial charge in [0.15, 0.2) is 0 Å². The monoisotopic (exact) mass is 372 g/mol. The number of benzene rings is 2. The molecule has 0 bridgehead atoms. The van der Waals surface area contributed by atoms with Crippen molar-refractivity contribution in [1.29, 1.82) is 0 Å². The van der Waals surface area contributed by atoms with Crippen LogP contribution in [0.5, 0.6) is 11.5 Å². The standard InChI is InChI=1S/C20H15F3N2O2/c1-13-11-14(8-9-18(13)27-15-5-4-10-24-12-15)25-19(26)16-6-2-3-7-17(16)20(21,22)23/h2-12H,1H3,(H,25,26). The van der Waals surface area contributed by atoms with Gasteiger partial charge in [0.05, 0.1) is 17.3 Å². The van der Waals surface area contributed by atoms with Crippen LogP contribution in [0, 0.1) is 6.92 Å². The topological polar surface area (TPSA) is 51.2 Å². The highest BCUT2D eigenvalue weighted by molar-refractivity contribution is 6.05. The van der Waals surface area contributed by atoms with Crippen LogP contribution in [0.3, 0.4) is 0 Å². The second-order valence-corrected chi connectivity index (χ2v) is 5.77. The van der Waals surface area contributed by atoms with Crippen LogP contribution in [-0.4, -0.2) is 10.9 Å². The fraction of sp³-hybridized carbons (Fsp3) is 0.100. The maximum Gasteiger partial charge on any atom is 0.417 e. The Hall–Kier alpha value is -3.35. The summed E-state index contributed by atoms with van der Waals surface area (Å²) in [5.41, 5.74) is -0.331. The lowest BCUT2D eigenvalue weighted by Gasteiger charge is -2.14. The number of carbonyl (C=O) groups is 1. The van der Waals surface area contributed by atoms with Crippen molar-refractivity contribution in [3.05, 3.63) is 83.7 Å². The van der Waals surface area contributed by atoms with E-state index in [0.29, 0.717) is 22.7 Å². The second-order valence-electron chi connectivity index (χ2n) is 5.77. The van der Waals surface area contributed by atoms with E-state index in [1.165, 1.54) is 12.1 Å². The Bertz CT molecular complexity index is 957. The van der Waals surface area contributed by atoms with Crippen LogP contribution < -0.4 is 10.1 Å². The van der Waals surface area contributed by atoms with Crippen molar-refractivity contribution in [2.75, 3.05) is 5.32 Å². The van der Waals surface area contributed by atoms with Crippen LogP contribution >= 0.6 is 0 Å². The fourth-order valence-electron chi connectivity index (χ4n) is 2.50. The lowest BCUT2D eigenvalue weighted by molar-refractivity contribution is -0.137. The number of hydrogen-bond donors (Lipinski definition) is 1. The number of pyridine rings is 1. The van der Waals surface area contributed by atoms with E-state index >= 15 is 0 Å². The molecule has 7 heteroatoms. The summed E-state index contributed by atoms with van der Waals surface area (Å²) in [5.74, 6) is 0.274. The zero-order valence-corrected chi connectivity index (χ0v) is 14.2. The molecule has 0 aliphatic rings. The van der Waals surface area contributed by atoms with Gasteiger partial charge in [-0.1, -0.05) is 12.1 Å². The molecule has 0 aliphatic heterocycles. The molecule has 1 heterocycles. The molecule has 0 saturated heterocycles. The highest BCUT2D eigenvalue weighted by Gasteiger charge is 2.34. The van der Waals surface area contributed by atoms with E-state index in [0.717, 1.165) is 12.1 Å². The van der Waals surface area contributed by atoms with Crippen molar-refractivity contribution in [1.82, 2.24) is 4.98 Å². The van der Waals surface area contributed by atoms with E-state index < -0.39 is 23.2 Å². The number of nitrogens with one attached hydrogen (secondary N) is 1. The van der Waals surface area contributed by atoms with Gasteiger partial charge in [0.1, 0.15) is 11.5 Å². The first-order chi connectivity index (χ1) is 12.8. The smallest absolute Gasteiger partial charge is 0.417 e. The minimum atomic E-state index is -4.61. The van der Waals surface area contributed by atoms with Gasteiger partial charge in [-0.2, -0.15) is 13.2 Å². The molecule has 0 spiro atoms. The second kappa shape index (κ2) is 7.49. The van der Waals surface area contributed by atoms with Gasteiger partial charge in [-0.3, -0.25) is 9.78 Å². The minimum absolute atomic E-state index is 0.369. The average Bonchev–Trinajstić information content (AvgIpc) is 2.64. The summed E-state index contributed by atoms with van der Waals surface area (Å²) in [6, 6.07) is 13.0. The van der Waals surface area contributed by atoms with Gasteiger partial charge in [-0.25, -0.2) is 0 Å².